The maximum Gasteiger partial charge on any atom is 0.107 e. The van der Waals surface area contributed by atoms with E-state index >= 15 is 0 Å². The third kappa shape index (κ3) is 6.79. The number of hydrogen-bond donors (Lipinski definition) is 3. The van der Waals surface area contributed by atoms with Crippen LogP contribution in [0.1, 0.15) is 97.3 Å². The van der Waals surface area contributed by atoms with Gasteiger partial charge in [0.1, 0.15) is 12.1 Å². The first-order valence-electron chi connectivity index (χ1n) is 12.4. The van der Waals surface area contributed by atoms with Gasteiger partial charge in [-0.2, -0.15) is 9.81 Å². The predicted molar refractivity (Wildman–Crippen MR) is 125 cm³/mol. The van der Waals surface area contributed by atoms with E-state index in [2.05, 4.69) is 21.0 Å². The summed E-state index contributed by atoms with van der Waals surface area (Å²) < 4.78 is 0. The average molecular weight is 424 g/mol. The van der Waals surface area contributed by atoms with Crippen LogP contribution in [0, 0.1) is 15.7 Å². The van der Waals surface area contributed by atoms with E-state index in [1.807, 2.05) is 13.8 Å². The van der Waals surface area contributed by atoms with Gasteiger partial charge >= 0.3 is 0 Å². The monoisotopic (exact) mass is 423 g/mol. The summed E-state index contributed by atoms with van der Waals surface area (Å²) >= 11 is 0. The third-order valence-electron chi connectivity index (χ3n) is 8.04. The molecule has 0 aromatic heterocycles. The van der Waals surface area contributed by atoms with Gasteiger partial charge in [0.25, 0.3) is 0 Å². The Hall–Kier alpha value is -0.920. The van der Waals surface area contributed by atoms with Gasteiger partial charge in [0.2, 0.25) is 0 Å². The lowest BCUT2D eigenvalue weighted by atomic mass is 9.76. The molecule has 2 saturated carbocycles. The normalized spacial score (nSPS) is 24.0. The van der Waals surface area contributed by atoms with E-state index in [4.69, 9.17) is 5.73 Å². The molecule has 4 N–H and O–H groups in total. The van der Waals surface area contributed by atoms with Gasteiger partial charge in [0, 0.05) is 11.1 Å². The molecule has 30 heavy (non-hydrogen) atoms. The minimum atomic E-state index is -0.184. The Bertz CT molecular complexity index is 462. The topological polar surface area (TPSA) is 109 Å². The lowest BCUT2D eigenvalue weighted by Crippen LogP contribution is -2.54. The first-order chi connectivity index (χ1) is 14.5. The summed E-state index contributed by atoms with van der Waals surface area (Å²) in [4.78, 5) is 22.5. The zero-order chi connectivity index (χ0) is 21.9. The average Bonchev–Trinajstić information content (AvgIpc) is 2.79. The molecule has 2 fully saturated rings. The second kappa shape index (κ2) is 12.8. The second-order valence-corrected chi connectivity index (χ2v) is 9.87. The van der Waals surface area contributed by atoms with Gasteiger partial charge in [-0.15, -0.1) is 0 Å². The predicted octanol–water partition coefficient (Wildman–Crippen LogP) is 4.63. The minimum absolute atomic E-state index is 0.122. The van der Waals surface area contributed by atoms with Gasteiger partial charge in [-0.25, -0.2) is 0 Å². The van der Waals surface area contributed by atoms with Crippen molar-refractivity contribution in [3.8, 4) is 0 Å². The lowest BCUT2D eigenvalue weighted by molar-refractivity contribution is 0.184. The quantitative estimate of drug-likeness (QED) is 0.353. The van der Waals surface area contributed by atoms with Crippen LogP contribution in [-0.4, -0.2) is 42.8 Å². The summed E-state index contributed by atoms with van der Waals surface area (Å²) in [6.45, 7) is 6.42. The van der Waals surface area contributed by atoms with Crippen LogP contribution in [0.3, 0.4) is 0 Å². The fourth-order valence-electron chi connectivity index (χ4n) is 5.77. The van der Waals surface area contributed by atoms with Crippen molar-refractivity contribution in [3.05, 3.63) is 9.81 Å². The highest BCUT2D eigenvalue weighted by molar-refractivity contribution is 5.00. The van der Waals surface area contributed by atoms with Gasteiger partial charge in [-0.3, -0.25) is 0 Å². The molecule has 2 unspecified atom stereocenters. The molecule has 2 aliphatic carbocycles. The zero-order valence-electron chi connectivity index (χ0n) is 19.3. The molecule has 0 aromatic rings. The molecule has 0 spiro atoms. The summed E-state index contributed by atoms with van der Waals surface area (Å²) in [7, 11) is 0. The summed E-state index contributed by atoms with van der Waals surface area (Å²) in [6.07, 6.45) is 14.5. The van der Waals surface area contributed by atoms with Gasteiger partial charge in [0.15, 0.2) is 0 Å². The molecule has 7 heteroatoms. The molecule has 174 valence electrons. The number of nitroso groups, excluding NO2 is 2. The van der Waals surface area contributed by atoms with Crippen molar-refractivity contribution in [1.82, 2.24) is 10.6 Å². The molecule has 0 amide bonds. The Balaban J connectivity index is 1.84. The maximum absolute atomic E-state index is 11.3. The van der Waals surface area contributed by atoms with Crippen molar-refractivity contribution in [2.75, 3.05) is 19.6 Å². The summed E-state index contributed by atoms with van der Waals surface area (Å²) in [5, 5.41) is 14.2. The number of nitrogens with two attached hydrogens (primary N) is 1. The molecule has 0 radical (unpaired) electrons. The van der Waals surface area contributed by atoms with Crippen LogP contribution in [0.2, 0.25) is 0 Å². The lowest BCUT2D eigenvalue weighted by Gasteiger charge is -2.41. The van der Waals surface area contributed by atoms with Crippen LogP contribution >= 0.6 is 0 Å². The molecule has 2 rings (SSSR count). The molecular formula is C23H45N5O2. The molecule has 2 aliphatic rings. The van der Waals surface area contributed by atoms with Crippen molar-refractivity contribution < 1.29 is 0 Å². The Morgan fingerprint density at radius 2 is 1.13 bits per heavy atom. The molecule has 0 bridgehead atoms. The standard InChI is InChI=1S/C23H45N5O2/c1-19(27-29)22(12-5-3-6-13-22)25-17-10-21(9-16-24)11-18-26-23(20(2)28-30)14-7-4-8-15-23/h19-21,25-26H,3-18,24H2,1-2H3. The van der Waals surface area contributed by atoms with Crippen LogP contribution in [0.25, 0.3) is 0 Å². The van der Waals surface area contributed by atoms with E-state index in [0.29, 0.717) is 12.5 Å². The number of hydrogen-bond acceptors (Lipinski definition) is 7. The molecule has 2 atom stereocenters. The Kier molecular flexibility index (Phi) is 10.8. The van der Waals surface area contributed by atoms with E-state index < -0.39 is 0 Å². The third-order valence-corrected chi connectivity index (χ3v) is 8.04. The highest BCUT2D eigenvalue weighted by atomic mass is 16.3. The fourth-order valence-corrected chi connectivity index (χ4v) is 5.77. The minimum Gasteiger partial charge on any atom is -0.330 e. The SMILES string of the molecule is CC(N=O)C1(NCCC(CCN)CCNC2(C(C)N=O)CCCCC2)CCCCC1. The Labute approximate surface area is 183 Å². The maximum atomic E-state index is 11.3. The van der Waals surface area contributed by atoms with Crippen LogP contribution in [0.15, 0.2) is 10.4 Å². The van der Waals surface area contributed by atoms with Gasteiger partial charge < -0.3 is 16.4 Å². The summed E-state index contributed by atoms with van der Waals surface area (Å²) in [5.41, 5.74) is 5.65. The second-order valence-electron chi connectivity index (χ2n) is 9.87. The van der Waals surface area contributed by atoms with Crippen molar-refractivity contribution in [2.24, 2.45) is 22.0 Å². The van der Waals surface area contributed by atoms with E-state index in [-0.39, 0.29) is 23.2 Å². The molecule has 0 saturated heterocycles. The molecule has 0 aromatic carbocycles. The van der Waals surface area contributed by atoms with Gasteiger partial charge in [-0.05, 0) is 84.3 Å². The van der Waals surface area contributed by atoms with Crippen LogP contribution in [0.5, 0.6) is 0 Å². The summed E-state index contributed by atoms with van der Waals surface area (Å²) in [5.74, 6) is 0.537. The van der Waals surface area contributed by atoms with Crippen molar-refractivity contribution in [1.29, 1.82) is 0 Å². The van der Waals surface area contributed by atoms with E-state index in [9.17, 15) is 9.81 Å². The van der Waals surface area contributed by atoms with Gasteiger partial charge in [0.05, 0.1) is 0 Å². The highest BCUT2D eigenvalue weighted by Gasteiger charge is 2.39. The molecule has 7 nitrogen and oxygen atoms in total. The van der Waals surface area contributed by atoms with E-state index in [0.717, 1.165) is 58.0 Å². The van der Waals surface area contributed by atoms with Crippen LogP contribution in [-0.2, 0) is 0 Å². The van der Waals surface area contributed by atoms with E-state index in [1.165, 1.54) is 38.5 Å². The number of nitrogens with one attached hydrogen (secondary N) is 2. The molecule has 0 aliphatic heterocycles. The fraction of sp³-hybridized carbons (Fsp3) is 1.00. The Morgan fingerprint density at radius 1 is 0.733 bits per heavy atom. The number of rotatable bonds is 14. The largest absolute Gasteiger partial charge is 0.330 e. The zero-order valence-corrected chi connectivity index (χ0v) is 19.3. The number of nitrogens with zero attached hydrogens (tertiary/aromatic N) is 2. The smallest absolute Gasteiger partial charge is 0.107 e. The summed E-state index contributed by atoms with van der Waals surface area (Å²) in [6, 6.07) is -0.369. The van der Waals surface area contributed by atoms with Crippen LogP contribution < -0.4 is 16.4 Å². The van der Waals surface area contributed by atoms with Gasteiger partial charge in [-0.1, -0.05) is 48.9 Å². The first kappa shape index (κ1) is 25.3. The van der Waals surface area contributed by atoms with Crippen molar-refractivity contribution >= 4 is 0 Å². The Morgan fingerprint density at radius 3 is 1.47 bits per heavy atom. The first-order valence-corrected chi connectivity index (χ1v) is 12.4. The van der Waals surface area contributed by atoms with E-state index in [1.54, 1.807) is 0 Å². The molecular weight excluding hydrogens is 378 g/mol. The van der Waals surface area contributed by atoms with Crippen molar-refractivity contribution in [2.45, 2.75) is 120 Å². The molecule has 0 heterocycles. The highest BCUT2D eigenvalue weighted by Crippen LogP contribution is 2.34. The van der Waals surface area contributed by atoms with Crippen LogP contribution in [0.4, 0.5) is 0 Å². The van der Waals surface area contributed by atoms with Crippen molar-refractivity contribution in [3.63, 3.8) is 0 Å².